The van der Waals surface area contributed by atoms with Crippen molar-refractivity contribution in [2.75, 3.05) is 52.5 Å². The predicted octanol–water partition coefficient (Wildman–Crippen LogP) is 2.38. The van der Waals surface area contributed by atoms with Crippen molar-refractivity contribution in [2.45, 2.75) is 68.5 Å². The number of sulfonamides is 1. The number of carbonyl (C=O) groups is 3. The number of fused-ring (bicyclic) bond motifs is 1. The molecule has 1 saturated carbocycles. The van der Waals surface area contributed by atoms with Crippen LogP contribution in [0, 0.1) is 11.1 Å². The summed E-state index contributed by atoms with van der Waals surface area (Å²) < 4.78 is 44.9. The lowest BCUT2D eigenvalue weighted by atomic mass is 9.84. The fourth-order valence-electron chi connectivity index (χ4n) is 6.93. The molecule has 50 heavy (non-hydrogen) atoms. The molecule has 4 heterocycles. The number of hydrogen-bond donors (Lipinski definition) is 2. The number of rotatable bonds is 12. The molecule has 3 aliphatic rings. The summed E-state index contributed by atoms with van der Waals surface area (Å²) in [7, 11) is -4.24. The third kappa shape index (κ3) is 8.81. The monoisotopic (exact) mass is 711 g/mol. The van der Waals surface area contributed by atoms with Crippen LogP contribution in [0.3, 0.4) is 0 Å². The number of pyridine rings is 1. The van der Waals surface area contributed by atoms with E-state index in [9.17, 15) is 28.0 Å². The summed E-state index contributed by atoms with van der Waals surface area (Å²) in [6.45, 7) is 4.02. The number of ether oxygens (including phenoxy) is 2. The van der Waals surface area contributed by atoms with E-state index in [1.807, 2.05) is 6.07 Å². The smallest absolute Gasteiger partial charge is 0.323 e. The van der Waals surface area contributed by atoms with Gasteiger partial charge in [0.2, 0.25) is 5.91 Å². The molecule has 2 N–H and O–H groups in total. The van der Waals surface area contributed by atoms with E-state index in [2.05, 4.69) is 15.5 Å². The standard InChI is InChI=1S/C35H45N5O9S/c41-30-24-39(50(45,46)33-10-4-5-14-40(33)44)13-6-9-28(30)36-34(42)29(21-25-7-2-1-3-8-25)37-35(43)32-23-26-22-27(11-12-31(26)49-32)48-20-17-38-15-18-47-19-16-38/h4-5,10-12,14,22-23,25,28-29H,1-3,6-9,13,15-21,24H2,(H,36,42)(H,37,43)/t28-,29?/m0/s1. The molecule has 1 unspecified atom stereocenters. The van der Waals surface area contributed by atoms with Crippen molar-refractivity contribution < 1.29 is 41.4 Å². The maximum atomic E-state index is 13.8. The third-order valence-electron chi connectivity index (χ3n) is 9.74. The molecule has 3 fully saturated rings. The van der Waals surface area contributed by atoms with Crippen LogP contribution in [0.1, 0.15) is 61.9 Å². The van der Waals surface area contributed by atoms with E-state index in [1.54, 1.807) is 18.2 Å². The van der Waals surface area contributed by atoms with Gasteiger partial charge in [0.1, 0.15) is 24.0 Å². The first-order chi connectivity index (χ1) is 24.2. The minimum atomic E-state index is -4.24. The number of amides is 2. The first-order valence-electron chi connectivity index (χ1n) is 17.5. The van der Waals surface area contributed by atoms with E-state index in [0.717, 1.165) is 75.5 Å². The van der Waals surface area contributed by atoms with Gasteiger partial charge in [0.25, 0.3) is 5.91 Å². The second-order valence-electron chi connectivity index (χ2n) is 13.3. The van der Waals surface area contributed by atoms with Gasteiger partial charge in [-0.3, -0.25) is 19.3 Å². The molecule has 1 aromatic carbocycles. The fraction of sp³-hybridized carbons (Fsp3) is 0.543. The molecular weight excluding hydrogens is 666 g/mol. The molecule has 2 atom stereocenters. The Morgan fingerprint density at radius 1 is 1.02 bits per heavy atom. The Hall–Kier alpha value is -4.05. The summed E-state index contributed by atoms with van der Waals surface area (Å²) >= 11 is 0. The predicted molar refractivity (Wildman–Crippen MR) is 182 cm³/mol. The highest BCUT2D eigenvalue weighted by atomic mass is 32.2. The zero-order valence-electron chi connectivity index (χ0n) is 28.1. The van der Waals surface area contributed by atoms with Crippen LogP contribution in [-0.4, -0.2) is 99.8 Å². The minimum Gasteiger partial charge on any atom is -0.618 e. The second kappa shape index (κ2) is 16.3. The van der Waals surface area contributed by atoms with Crippen molar-refractivity contribution in [1.82, 2.24) is 19.8 Å². The summed E-state index contributed by atoms with van der Waals surface area (Å²) in [5, 5.41) is 18.1. The number of carbonyl (C=O) groups excluding carboxylic acids is 3. The maximum Gasteiger partial charge on any atom is 0.323 e. The van der Waals surface area contributed by atoms with Gasteiger partial charge in [-0.25, -0.2) is 8.42 Å². The van der Waals surface area contributed by atoms with Crippen LogP contribution in [0.4, 0.5) is 0 Å². The van der Waals surface area contributed by atoms with Gasteiger partial charge in [0.15, 0.2) is 17.7 Å². The molecule has 14 nitrogen and oxygen atoms in total. The Balaban J connectivity index is 1.10. The number of nitrogens with one attached hydrogen (secondary N) is 2. The Labute approximate surface area is 291 Å². The number of benzene rings is 1. The highest BCUT2D eigenvalue weighted by Crippen LogP contribution is 2.29. The van der Waals surface area contributed by atoms with Crippen molar-refractivity contribution in [2.24, 2.45) is 5.92 Å². The van der Waals surface area contributed by atoms with Gasteiger partial charge < -0.3 is 29.7 Å². The molecule has 2 saturated heterocycles. The van der Waals surface area contributed by atoms with Crippen molar-refractivity contribution >= 4 is 38.6 Å². The van der Waals surface area contributed by atoms with Gasteiger partial charge in [-0.05, 0) is 55.5 Å². The van der Waals surface area contributed by atoms with Gasteiger partial charge in [-0.2, -0.15) is 9.04 Å². The lowest BCUT2D eigenvalue weighted by Crippen LogP contribution is -2.53. The van der Waals surface area contributed by atoms with E-state index in [-0.39, 0.29) is 29.4 Å². The average Bonchev–Trinajstić information content (AvgIpc) is 3.46. The summed E-state index contributed by atoms with van der Waals surface area (Å²) in [5.74, 6) is -0.617. The van der Waals surface area contributed by atoms with Gasteiger partial charge >= 0.3 is 15.0 Å². The molecule has 2 aromatic heterocycles. The third-order valence-corrected chi connectivity index (χ3v) is 11.6. The number of Topliss-reactive ketones (excluding diaryl/α,β-unsaturated/α-hetero) is 1. The van der Waals surface area contributed by atoms with Crippen molar-refractivity contribution in [1.29, 1.82) is 0 Å². The van der Waals surface area contributed by atoms with Crippen LogP contribution >= 0.6 is 0 Å². The quantitative estimate of drug-likeness (QED) is 0.210. The number of morpholine rings is 1. The lowest BCUT2D eigenvalue weighted by molar-refractivity contribution is -0.646. The zero-order valence-corrected chi connectivity index (χ0v) is 28.9. The highest BCUT2D eigenvalue weighted by molar-refractivity contribution is 7.89. The summed E-state index contributed by atoms with van der Waals surface area (Å²) in [6, 6.07) is 9.15. The Bertz CT molecular complexity index is 1770. The van der Waals surface area contributed by atoms with E-state index in [0.29, 0.717) is 36.2 Å². The van der Waals surface area contributed by atoms with Crippen LogP contribution in [0.25, 0.3) is 11.0 Å². The normalized spacial score (nSPS) is 20.6. The molecule has 15 heteroatoms. The SMILES string of the molecule is O=C(NC(CC1CCCCC1)C(=O)N[C@H]1CCCN(S(=O)(=O)c2cccc[n+]2[O-])CC1=O)c1cc2cc(OCCN3CCOCC3)ccc2o1. The first kappa shape index (κ1) is 35.8. The van der Waals surface area contributed by atoms with Gasteiger partial charge in [0, 0.05) is 43.7 Å². The van der Waals surface area contributed by atoms with Crippen LogP contribution in [0.2, 0.25) is 0 Å². The van der Waals surface area contributed by atoms with E-state index < -0.39 is 51.3 Å². The Morgan fingerprint density at radius 2 is 1.82 bits per heavy atom. The van der Waals surface area contributed by atoms with Crippen molar-refractivity contribution in [3.05, 3.63) is 59.6 Å². The van der Waals surface area contributed by atoms with E-state index >= 15 is 0 Å². The van der Waals surface area contributed by atoms with Gasteiger partial charge in [0.05, 0.1) is 25.8 Å². The van der Waals surface area contributed by atoms with Gasteiger partial charge in [-0.15, -0.1) is 0 Å². The molecule has 0 bridgehead atoms. The van der Waals surface area contributed by atoms with Crippen LogP contribution < -0.4 is 20.1 Å². The topological polar surface area (TPSA) is 174 Å². The molecule has 3 aromatic rings. The second-order valence-corrected chi connectivity index (χ2v) is 15.1. The molecule has 2 aliphatic heterocycles. The van der Waals surface area contributed by atoms with Gasteiger partial charge in [-0.1, -0.05) is 32.1 Å². The molecular formula is C35H45N5O9S. The summed E-state index contributed by atoms with van der Waals surface area (Å²) in [6.07, 6.45) is 7.09. The van der Waals surface area contributed by atoms with E-state index in [1.165, 1.54) is 18.2 Å². The Kier molecular flexibility index (Phi) is 11.7. The molecule has 2 amide bonds. The minimum absolute atomic E-state index is 0.0181. The van der Waals surface area contributed by atoms with Crippen LogP contribution in [-0.2, 0) is 24.3 Å². The largest absolute Gasteiger partial charge is 0.618 e. The summed E-state index contributed by atoms with van der Waals surface area (Å²) in [4.78, 5) is 42.9. The van der Waals surface area contributed by atoms with Crippen LogP contribution in [0.15, 0.2) is 58.1 Å². The number of furan rings is 1. The van der Waals surface area contributed by atoms with E-state index in [4.69, 9.17) is 13.9 Å². The Morgan fingerprint density at radius 3 is 2.60 bits per heavy atom. The molecule has 1 aliphatic carbocycles. The number of aromatic nitrogens is 1. The molecule has 0 radical (unpaired) electrons. The zero-order chi connectivity index (χ0) is 35.1. The highest BCUT2D eigenvalue weighted by Gasteiger charge is 2.38. The lowest BCUT2D eigenvalue weighted by Gasteiger charge is -2.27. The number of ketones is 1. The fourth-order valence-corrected chi connectivity index (χ4v) is 8.40. The molecule has 6 rings (SSSR count). The first-order valence-corrected chi connectivity index (χ1v) is 18.9. The number of hydrogen-bond acceptors (Lipinski definition) is 10. The maximum absolute atomic E-state index is 13.8. The summed E-state index contributed by atoms with van der Waals surface area (Å²) in [5.41, 5.74) is 0.505. The van der Waals surface area contributed by atoms with Crippen molar-refractivity contribution in [3.63, 3.8) is 0 Å². The molecule has 0 spiro atoms. The van der Waals surface area contributed by atoms with Crippen LogP contribution in [0.5, 0.6) is 5.75 Å². The average molecular weight is 712 g/mol. The number of nitrogens with zero attached hydrogens (tertiary/aromatic N) is 3. The molecule has 270 valence electrons. The van der Waals surface area contributed by atoms with Crippen molar-refractivity contribution in [3.8, 4) is 5.75 Å².